The average Bonchev–Trinajstić information content (AvgIpc) is 2.86. The monoisotopic (exact) mass is 420 g/mol. The van der Waals surface area contributed by atoms with Gasteiger partial charge in [0.25, 0.3) is 5.91 Å². The largest absolute Gasteiger partial charge is 0.496 e. The molecule has 0 unspecified atom stereocenters. The predicted molar refractivity (Wildman–Crippen MR) is 128 cm³/mol. The van der Waals surface area contributed by atoms with E-state index in [9.17, 15) is 4.79 Å². The smallest absolute Gasteiger partial charge is 0.262 e. The summed E-state index contributed by atoms with van der Waals surface area (Å²) in [4.78, 5) is 18.0. The molecule has 1 aliphatic heterocycles. The molecule has 0 spiro atoms. The summed E-state index contributed by atoms with van der Waals surface area (Å²) >= 11 is 0. The number of hydrogen-bond acceptors (Lipinski definition) is 3. The van der Waals surface area contributed by atoms with Gasteiger partial charge in [0.15, 0.2) is 0 Å². The molecule has 0 fully saturated rings. The summed E-state index contributed by atoms with van der Waals surface area (Å²) in [5.41, 5.74) is 4.58. The summed E-state index contributed by atoms with van der Waals surface area (Å²) in [7, 11) is 1.67. The van der Waals surface area contributed by atoms with Gasteiger partial charge in [0.05, 0.1) is 18.4 Å². The number of amides is 1. The third-order valence-corrected chi connectivity index (χ3v) is 5.85. The van der Waals surface area contributed by atoms with E-state index in [-0.39, 0.29) is 12.1 Å². The van der Waals surface area contributed by atoms with E-state index in [0.717, 1.165) is 22.7 Å². The van der Waals surface area contributed by atoms with Crippen molar-refractivity contribution in [1.29, 1.82) is 0 Å². The van der Waals surface area contributed by atoms with E-state index in [0.29, 0.717) is 12.1 Å². The van der Waals surface area contributed by atoms with E-state index in [2.05, 4.69) is 17.0 Å². The lowest BCUT2D eigenvalue weighted by molar-refractivity contribution is 0.0968. The summed E-state index contributed by atoms with van der Waals surface area (Å²) in [6.07, 6.45) is -0.365. The lowest BCUT2D eigenvalue weighted by Gasteiger charge is -2.46. The van der Waals surface area contributed by atoms with Crippen LogP contribution in [0.1, 0.15) is 27.7 Å². The van der Waals surface area contributed by atoms with Gasteiger partial charge in [-0.2, -0.15) is 0 Å². The molecule has 158 valence electrons. The van der Waals surface area contributed by atoms with Crippen molar-refractivity contribution in [3.8, 4) is 5.75 Å². The molecule has 0 N–H and O–H groups in total. The van der Waals surface area contributed by atoms with Gasteiger partial charge in [-0.1, -0.05) is 78.9 Å². The number of carbonyl (C=O) groups excluding carboxylic acids is 1. The van der Waals surface area contributed by atoms with Gasteiger partial charge in [0.2, 0.25) is 0 Å². The van der Waals surface area contributed by atoms with Gasteiger partial charge in [-0.3, -0.25) is 9.69 Å². The van der Waals surface area contributed by atoms with Crippen LogP contribution < -0.4 is 14.5 Å². The van der Waals surface area contributed by atoms with Crippen molar-refractivity contribution in [2.75, 3.05) is 16.9 Å². The molecule has 4 aromatic carbocycles. The van der Waals surface area contributed by atoms with Gasteiger partial charge in [-0.15, -0.1) is 0 Å². The van der Waals surface area contributed by atoms with Crippen molar-refractivity contribution in [1.82, 2.24) is 0 Å². The minimum atomic E-state index is -0.365. The van der Waals surface area contributed by atoms with Crippen molar-refractivity contribution in [2.24, 2.45) is 0 Å². The van der Waals surface area contributed by atoms with Gasteiger partial charge in [0, 0.05) is 17.8 Å². The number of benzene rings is 4. The molecule has 1 heterocycles. The highest BCUT2D eigenvalue weighted by Gasteiger charge is 2.40. The second kappa shape index (κ2) is 8.60. The second-order valence-corrected chi connectivity index (χ2v) is 7.76. The maximum atomic E-state index is 13.9. The number of nitrogens with zero attached hydrogens (tertiary/aromatic N) is 2. The minimum Gasteiger partial charge on any atom is -0.496 e. The van der Waals surface area contributed by atoms with Crippen LogP contribution in [0.4, 0.5) is 11.4 Å². The lowest BCUT2D eigenvalue weighted by Crippen LogP contribution is -2.49. The Kier molecular flexibility index (Phi) is 5.34. The normalized spacial score (nSPS) is 15.4. The van der Waals surface area contributed by atoms with E-state index in [4.69, 9.17) is 4.74 Å². The Morgan fingerprint density at radius 1 is 0.750 bits per heavy atom. The van der Waals surface area contributed by atoms with E-state index >= 15 is 0 Å². The van der Waals surface area contributed by atoms with Crippen LogP contribution in [0.25, 0.3) is 0 Å². The topological polar surface area (TPSA) is 32.8 Å². The molecule has 4 aromatic rings. The highest BCUT2D eigenvalue weighted by Crippen LogP contribution is 2.44. The second-order valence-electron chi connectivity index (χ2n) is 7.76. The highest BCUT2D eigenvalue weighted by atomic mass is 16.5. The van der Waals surface area contributed by atoms with Crippen molar-refractivity contribution in [3.05, 3.63) is 126 Å². The van der Waals surface area contributed by atoms with E-state index in [1.54, 1.807) is 7.11 Å². The molecule has 0 bridgehead atoms. The Morgan fingerprint density at radius 3 is 2.12 bits per heavy atom. The van der Waals surface area contributed by atoms with Crippen molar-refractivity contribution in [2.45, 2.75) is 12.7 Å². The maximum absolute atomic E-state index is 13.9. The maximum Gasteiger partial charge on any atom is 0.262 e. The number of fused-ring (bicyclic) bond motifs is 1. The fourth-order valence-corrected chi connectivity index (χ4v) is 4.40. The summed E-state index contributed by atoms with van der Waals surface area (Å²) in [6.45, 7) is 0.650. The Labute approximate surface area is 188 Å². The van der Waals surface area contributed by atoms with Crippen LogP contribution >= 0.6 is 0 Å². The van der Waals surface area contributed by atoms with Gasteiger partial charge < -0.3 is 9.64 Å². The molecule has 0 aliphatic carbocycles. The first kappa shape index (κ1) is 19.9. The third-order valence-electron chi connectivity index (χ3n) is 5.85. The average molecular weight is 421 g/mol. The number of ether oxygens (including phenoxy) is 1. The van der Waals surface area contributed by atoms with Crippen LogP contribution in [0.3, 0.4) is 0 Å². The fraction of sp³-hybridized carbons (Fsp3) is 0.107. The summed E-state index contributed by atoms with van der Waals surface area (Å²) in [5, 5.41) is 0. The van der Waals surface area contributed by atoms with Crippen molar-refractivity contribution in [3.63, 3.8) is 0 Å². The van der Waals surface area contributed by atoms with Crippen LogP contribution in [-0.2, 0) is 6.54 Å². The Morgan fingerprint density at radius 2 is 1.38 bits per heavy atom. The highest BCUT2D eigenvalue weighted by molar-refractivity contribution is 6.12. The zero-order chi connectivity index (χ0) is 21.9. The zero-order valence-electron chi connectivity index (χ0n) is 17.9. The van der Waals surface area contributed by atoms with Gasteiger partial charge in [-0.05, 0) is 35.9 Å². The first-order valence-corrected chi connectivity index (χ1v) is 10.7. The molecular weight excluding hydrogens is 396 g/mol. The first-order chi connectivity index (χ1) is 15.8. The summed E-state index contributed by atoms with van der Waals surface area (Å²) in [5.74, 6) is 0.732. The molecule has 5 rings (SSSR count). The quantitative estimate of drug-likeness (QED) is 0.393. The molecule has 32 heavy (non-hydrogen) atoms. The number of carbonyl (C=O) groups is 1. The third kappa shape index (κ3) is 3.50. The van der Waals surface area contributed by atoms with Crippen LogP contribution in [-0.4, -0.2) is 13.0 Å². The molecule has 0 saturated carbocycles. The standard InChI is InChI=1S/C28H24N2O2/c1-32-26-19-11-9-17-24(26)27-29(20-21-12-4-2-5-13-21)25-18-10-8-16-23(25)28(31)30(27)22-14-6-3-7-15-22/h2-19,27H,20H2,1H3/t27-/m1/s1. The van der Waals surface area contributed by atoms with Crippen molar-refractivity contribution < 1.29 is 9.53 Å². The minimum absolute atomic E-state index is 0.0213. The molecule has 0 saturated heterocycles. The number of para-hydroxylation sites is 3. The molecular formula is C28H24N2O2. The molecule has 1 aliphatic rings. The van der Waals surface area contributed by atoms with Crippen molar-refractivity contribution >= 4 is 17.3 Å². The number of hydrogen-bond donors (Lipinski definition) is 0. The fourth-order valence-electron chi connectivity index (χ4n) is 4.40. The van der Waals surface area contributed by atoms with Gasteiger partial charge in [-0.25, -0.2) is 0 Å². The zero-order valence-corrected chi connectivity index (χ0v) is 17.9. The number of methoxy groups -OCH3 is 1. The van der Waals surface area contributed by atoms with E-state index in [1.807, 2.05) is 102 Å². The predicted octanol–water partition coefficient (Wildman–Crippen LogP) is 6.06. The lowest BCUT2D eigenvalue weighted by atomic mass is 9.98. The molecule has 0 aromatic heterocycles. The summed E-state index contributed by atoms with van der Waals surface area (Å²) < 4.78 is 5.74. The number of anilines is 2. The van der Waals surface area contributed by atoms with Gasteiger partial charge >= 0.3 is 0 Å². The van der Waals surface area contributed by atoms with Crippen LogP contribution in [0.2, 0.25) is 0 Å². The molecule has 0 radical (unpaired) electrons. The number of rotatable bonds is 5. The Balaban J connectivity index is 1.75. The van der Waals surface area contributed by atoms with Crippen LogP contribution in [0, 0.1) is 0 Å². The summed E-state index contributed by atoms with van der Waals surface area (Å²) in [6, 6.07) is 36.0. The molecule has 1 atom stereocenters. The van der Waals surface area contributed by atoms with E-state index < -0.39 is 0 Å². The van der Waals surface area contributed by atoms with Crippen LogP contribution in [0.15, 0.2) is 109 Å². The molecule has 4 heteroatoms. The molecule has 1 amide bonds. The first-order valence-electron chi connectivity index (χ1n) is 10.7. The SMILES string of the molecule is COc1ccccc1[C@@H]1N(Cc2ccccc2)c2ccccc2C(=O)N1c1ccccc1. The Bertz CT molecular complexity index is 1220. The van der Waals surface area contributed by atoms with E-state index in [1.165, 1.54) is 5.56 Å². The van der Waals surface area contributed by atoms with Crippen LogP contribution in [0.5, 0.6) is 5.75 Å². The van der Waals surface area contributed by atoms with Gasteiger partial charge in [0.1, 0.15) is 11.9 Å². The Hall–Kier alpha value is -4.05. The molecule has 4 nitrogen and oxygen atoms in total.